The van der Waals surface area contributed by atoms with Gasteiger partial charge in [0.1, 0.15) is 6.29 Å². The standard InChI is InChI=1S/C8H4BrNO/c1-10-8-3-6(5-11)2-7(9)4-8/h2-5H. The summed E-state index contributed by atoms with van der Waals surface area (Å²) in [6.45, 7) is 6.70. The molecular formula is C8H4BrNO. The van der Waals surface area contributed by atoms with Gasteiger partial charge in [-0.05, 0) is 18.2 Å². The summed E-state index contributed by atoms with van der Waals surface area (Å²) in [6, 6.07) is 4.88. The fourth-order valence-corrected chi connectivity index (χ4v) is 1.23. The van der Waals surface area contributed by atoms with Gasteiger partial charge in [0.05, 0.1) is 6.57 Å². The van der Waals surface area contributed by atoms with E-state index in [0.29, 0.717) is 11.3 Å². The summed E-state index contributed by atoms with van der Waals surface area (Å²) in [7, 11) is 0. The number of carbonyl (C=O) groups excluding carboxylic acids is 1. The van der Waals surface area contributed by atoms with Crippen LogP contribution in [0.2, 0.25) is 0 Å². The van der Waals surface area contributed by atoms with E-state index >= 15 is 0 Å². The molecule has 0 heterocycles. The summed E-state index contributed by atoms with van der Waals surface area (Å²) < 4.78 is 0.758. The predicted molar refractivity (Wildman–Crippen MR) is 45.8 cm³/mol. The Hall–Kier alpha value is -1.14. The van der Waals surface area contributed by atoms with Crippen LogP contribution in [0.1, 0.15) is 10.4 Å². The molecule has 11 heavy (non-hydrogen) atoms. The number of hydrogen-bond acceptors (Lipinski definition) is 1. The minimum atomic E-state index is 0.474. The van der Waals surface area contributed by atoms with E-state index in [9.17, 15) is 4.79 Å². The zero-order valence-electron chi connectivity index (χ0n) is 5.54. The average Bonchev–Trinajstić information content (AvgIpc) is 2.03. The van der Waals surface area contributed by atoms with Crippen LogP contribution in [0.5, 0.6) is 0 Å². The first kappa shape index (κ1) is 7.96. The molecule has 0 unspecified atom stereocenters. The summed E-state index contributed by atoms with van der Waals surface area (Å²) in [4.78, 5) is 13.5. The average molecular weight is 210 g/mol. The van der Waals surface area contributed by atoms with Crippen LogP contribution in [0.15, 0.2) is 22.7 Å². The topological polar surface area (TPSA) is 21.4 Å². The van der Waals surface area contributed by atoms with Gasteiger partial charge in [0.15, 0.2) is 5.69 Å². The molecule has 0 amide bonds. The van der Waals surface area contributed by atoms with Crippen LogP contribution in [0.4, 0.5) is 5.69 Å². The van der Waals surface area contributed by atoms with Gasteiger partial charge >= 0.3 is 0 Å². The third-order valence-corrected chi connectivity index (χ3v) is 1.63. The van der Waals surface area contributed by atoms with E-state index in [2.05, 4.69) is 20.8 Å². The molecule has 54 valence electrons. The molecule has 1 aromatic carbocycles. The number of hydrogen-bond donors (Lipinski definition) is 0. The van der Waals surface area contributed by atoms with Gasteiger partial charge in [0, 0.05) is 10.0 Å². The van der Waals surface area contributed by atoms with E-state index in [-0.39, 0.29) is 0 Å². The van der Waals surface area contributed by atoms with Gasteiger partial charge in [-0.15, -0.1) is 0 Å². The molecule has 0 saturated heterocycles. The Bertz CT molecular complexity index is 327. The van der Waals surface area contributed by atoms with Crippen LogP contribution in [0, 0.1) is 6.57 Å². The molecule has 0 radical (unpaired) electrons. The van der Waals surface area contributed by atoms with Crippen LogP contribution in [0.25, 0.3) is 4.85 Å². The highest BCUT2D eigenvalue weighted by Gasteiger charge is 1.96. The van der Waals surface area contributed by atoms with Crippen LogP contribution in [0.3, 0.4) is 0 Å². The van der Waals surface area contributed by atoms with Crippen molar-refractivity contribution in [2.75, 3.05) is 0 Å². The van der Waals surface area contributed by atoms with E-state index < -0.39 is 0 Å². The molecule has 0 aliphatic heterocycles. The fraction of sp³-hybridized carbons (Fsp3) is 0. The Labute approximate surface area is 72.8 Å². The van der Waals surface area contributed by atoms with Crippen molar-refractivity contribution >= 4 is 27.9 Å². The lowest BCUT2D eigenvalue weighted by molar-refractivity contribution is 0.112. The first-order valence-electron chi connectivity index (χ1n) is 2.89. The van der Waals surface area contributed by atoms with Crippen molar-refractivity contribution < 1.29 is 4.79 Å². The number of rotatable bonds is 1. The quantitative estimate of drug-likeness (QED) is 0.515. The molecule has 0 aliphatic carbocycles. The van der Waals surface area contributed by atoms with Gasteiger partial charge < -0.3 is 0 Å². The van der Waals surface area contributed by atoms with Crippen molar-refractivity contribution in [2.45, 2.75) is 0 Å². The predicted octanol–water partition coefficient (Wildman–Crippen LogP) is 2.81. The van der Waals surface area contributed by atoms with E-state index in [1.165, 1.54) is 0 Å². The van der Waals surface area contributed by atoms with Crippen molar-refractivity contribution in [2.24, 2.45) is 0 Å². The van der Waals surface area contributed by atoms with Gasteiger partial charge in [-0.25, -0.2) is 4.85 Å². The maximum atomic E-state index is 10.3. The molecule has 0 bridgehead atoms. The summed E-state index contributed by atoms with van der Waals surface area (Å²) in [5.41, 5.74) is 0.992. The highest BCUT2D eigenvalue weighted by atomic mass is 79.9. The van der Waals surface area contributed by atoms with Gasteiger partial charge in [-0.3, -0.25) is 4.79 Å². The normalized spacial score (nSPS) is 8.73. The maximum Gasteiger partial charge on any atom is 0.189 e. The molecule has 2 nitrogen and oxygen atoms in total. The fourth-order valence-electron chi connectivity index (χ4n) is 0.729. The zero-order valence-corrected chi connectivity index (χ0v) is 7.13. The monoisotopic (exact) mass is 209 g/mol. The van der Waals surface area contributed by atoms with Crippen LogP contribution in [-0.2, 0) is 0 Å². The zero-order chi connectivity index (χ0) is 8.27. The third-order valence-electron chi connectivity index (χ3n) is 1.17. The molecule has 1 aromatic rings. The minimum Gasteiger partial charge on any atom is -0.298 e. The Morgan fingerprint density at radius 3 is 2.73 bits per heavy atom. The maximum absolute atomic E-state index is 10.3. The van der Waals surface area contributed by atoms with Gasteiger partial charge in [0.2, 0.25) is 0 Å². The van der Waals surface area contributed by atoms with Crippen molar-refractivity contribution in [3.05, 3.63) is 39.7 Å². The SMILES string of the molecule is [C-]#[N+]c1cc(Br)cc(C=O)c1. The highest BCUT2D eigenvalue weighted by molar-refractivity contribution is 9.10. The van der Waals surface area contributed by atoms with E-state index in [1.54, 1.807) is 18.2 Å². The second kappa shape index (κ2) is 3.31. The Kier molecular flexibility index (Phi) is 2.40. The van der Waals surface area contributed by atoms with Crippen molar-refractivity contribution in [3.8, 4) is 0 Å². The van der Waals surface area contributed by atoms with E-state index in [4.69, 9.17) is 6.57 Å². The molecule has 0 spiro atoms. The highest BCUT2D eigenvalue weighted by Crippen LogP contribution is 2.20. The van der Waals surface area contributed by atoms with Crippen LogP contribution < -0.4 is 0 Å². The number of nitrogens with zero attached hydrogens (tertiary/aromatic N) is 1. The third kappa shape index (κ3) is 1.89. The summed E-state index contributed by atoms with van der Waals surface area (Å²) in [5.74, 6) is 0. The molecule has 1 rings (SSSR count). The molecule has 0 aromatic heterocycles. The van der Waals surface area contributed by atoms with Gasteiger partial charge in [-0.1, -0.05) is 15.9 Å². The molecule has 3 heteroatoms. The number of benzene rings is 1. The largest absolute Gasteiger partial charge is 0.298 e. The summed E-state index contributed by atoms with van der Waals surface area (Å²) in [5, 5.41) is 0. The number of aldehydes is 1. The Balaban J connectivity index is 3.25. The summed E-state index contributed by atoms with van der Waals surface area (Å²) >= 11 is 3.19. The number of halogens is 1. The second-order valence-electron chi connectivity index (χ2n) is 1.97. The molecule has 0 atom stereocenters. The molecule has 0 saturated carbocycles. The van der Waals surface area contributed by atoms with Crippen molar-refractivity contribution in [1.82, 2.24) is 0 Å². The first-order chi connectivity index (χ1) is 5.26. The number of carbonyl (C=O) groups is 1. The van der Waals surface area contributed by atoms with Crippen molar-refractivity contribution in [1.29, 1.82) is 0 Å². The molecule has 0 aliphatic rings. The lowest BCUT2D eigenvalue weighted by Gasteiger charge is -1.93. The van der Waals surface area contributed by atoms with Crippen molar-refractivity contribution in [3.63, 3.8) is 0 Å². The lowest BCUT2D eigenvalue weighted by Crippen LogP contribution is -1.77. The van der Waals surface area contributed by atoms with E-state index in [1.807, 2.05) is 0 Å². The summed E-state index contributed by atoms with van der Waals surface area (Å²) in [6.07, 6.45) is 0.722. The lowest BCUT2D eigenvalue weighted by atomic mass is 10.2. The minimum absolute atomic E-state index is 0.474. The molecular weight excluding hydrogens is 206 g/mol. The molecule has 0 N–H and O–H groups in total. The Morgan fingerprint density at radius 1 is 1.45 bits per heavy atom. The van der Waals surface area contributed by atoms with Gasteiger partial charge in [-0.2, -0.15) is 0 Å². The van der Waals surface area contributed by atoms with Crippen LogP contribution >= 0.6 is 15.9 Å². The first-order valence-corrected chi connectivity index (χ1v) is 3.69. The van der Waals surface area contributed by atoms with Gasteiger partial charge in [0.25, 0.3) is 0 Å². The second-order valence-corrected chi connectivity index (χ2v) is 2.89. The van der Waals surface area contributed by atoms with E-state index in [0.717, 1.165) is 10.8 Å². The smallest absolute Gasteiger partial charge is 0.189 e. The Morgan fingerprint density at radius 2 is 2.18 bits per heavy atom. The van der Waals surface area contributed by atoms with Crippen LogP contribution in [-0.4, -0.2) is 6.29 Å². The molecule has 0 fully saturated rings.